The van der Waals surface area contributed by atoms with E-state index in [-0.39, 0.29) is 24.3 Å². The first-order chi connectivity index (χ1) is 12.3. The van der Waals surface area contributed by atoms with Gasteiger partial charge in [0.1, 0.15) is 12.1 Å². The van der Waals surface area contributed by atoms with Crippen molar-refractivity contribution in [3.8, 4) is 0 Å². The number of urea groups is 1. The number of guanidine groups is 1. The van der Waals surface area contributed by atoms with Crippen LogP contribution in [-0.4, -0.2) is 79.4 Å². The topological polar surface area (TPSA) is 106 Å². The zero-order valence-electron chi connectivity index (χ0n) is 15.7. The molecule has 1 atom stereocenters. The van der Waals surface area contributed by atoms with Gasteiger partial charge in [0.25, 0.3) is 5.91 Å². The van der Waals surface area contributed by atoms with Crippen molar-refractivity contribution in [2.45, 2.75) is 25.3 Å². The average Bonchev–Trinajstić information content (AvgIpc) is 2.87. The Hall–Kier alpha value is -2.58. The molecule has 0 saturated carbocycles. The number of aliphatic imine (C=N–C) groups is 1. The summed E-state index contributed by atoms with van der Waals surface area (Å²) >= 11 is 0. The van der Waals surface area contributed by atoms with E-state index in [0.29, 0.717) is 25.6 Å². The van der Waals surface area contributed by atoms with Crippen LogP contribution in [0.5, 0.6) is 0 Å². The fourth-order valence-corrected chi connectivity index (χ4v) is 3.23. The lowest BCUT2D eigenvalue weighted by atomic mass is 9.79. The van der Waals surface area contributed by atoms with Gasteiger partial charge in [-0.3, -0.25) is 14.9 Å². The van der Waals surface area contributed by atoms with Crippen LogP contribution < -0.4 is 16.0 Å². The predicted octanol–water partition coefficient (Wildman–Crippen LogP) is -0.484. The third kappa shape index (κ3) is 4.33. The van der Waals surface area contributed by atoms with Crippen LogP contribution >= 0.6 is 0 Å². The maximum absolute atomic E-state index is 12.1. The van der Waals surface area contributed by atoms with Crippen LogP contribution in [0.4, 0.5) is 4.79 Å². The summed E-state index contributed by atoms with van der Waals surface area (Å²) in [5.41, 5.74) is -0.865. The van der Waals surface area contributed by atoms with Gasteiger partial charge in [0.05, 0.1) is 0 Å². The molecule has 9 heteroatoms. The maximum Gasteiger partial charge on any atom is 0.322 e. The number of imide groups is 1. The van der Waals surface area contributed by atoms with Crippen molar-refractivity contribution < 1.29 is 14.4 Å². The summed E-state index contributed by atoms with van der Waals surface area (Å²) in [5, 5.41) is 8.25. The van der Waals surface area contributed by atoms with Crippen molar-refractivity contribution in [1.82, 2.24) is 25.8 Å². The zero-order chi connectivity index (χ0) is 19.3. The molecule has 0 aromatic carbocycles. The molecule has 2 saturated heterocycles. The Labute approximate surface area is 153 Å². The molecule has 0 aromatic rings. The maximum atomic E-state index is 12.1. The first-order valence-electron chi connectivity index (χ1n) is 8.76. The van der Waals surface area contributed by atoms with E-state index in [1.54, 1.807) is 27.1 Å². The molecule has 2 aliphatic rings. The molecule has 0 bridgehead atoms. The van der Waals surface area contributed by atoms with Gasteiger partial charge in [0.2, 0.25) is 5.91 Å². The second-order valence-corrected chi connectivity index (χ2v) is 6.97. The molecule has 2 aliphatic heterocycles. The van der Waals surface area contributed by atoms with Gasteiger partial charge in [-0.15, -0.1) is 6.58 Å². The van der Waals surface area contributed by atoms with Crippen LogP contribution in [0.3, 0.4) is 0 Å². The Bertz CT molecular complexity index is 610. The molecule has 9 nitrogen and oxygen atoms in total. The number of amides is 4. The number of nitrogens with one attached hydrogen (secondary N) is 3. The van der Waals surface area contributed by atoms with Crippen LogP contribution in [0, 0.1) is 5.92 Å². The second-order valence-electron chi connectivity index (χ2n) is 6.97. The molecule has 2 heterocycles. The minimum Gasteiger partial charge on any atom is -0.353 e. The molecule has 3 N–H and O–H groups in total. The summed E-state index contributed by atoms with van der Waals surface area (Å²) in [6, 6.07) is -0.433. The van der Waals surface area contributed by atoms with E-state index in [0.717, 1.165) is 12.8 Å². The minimum absolute atomic E-state index is 0.0502. The molecule has 4 amide bonds. The summed E-state index contributed by atoms with van der Waals surface area (Å²) < 4.78 is 0. The third-order valence-corrected chi connectivity index (χ3v) is 4.95. The Morgan fingerprint density at radius 2 is 2.08 bits per heavy atom. The smallest absolute Gasteiger partial charge is 0.322 e. The van der Waals surface area contributed by atoms with Gasteiger partial charge in [-0.05, 0) is 25.7 Å². The van der Waals surface area contributed by atoms with Gasteiger partial charge in [0, 0.05) is 33.7 Å². The number of carbonyl (C=O) groups is 3. The van der Waals surface area contributed by atoms with Crippen LogP contribution in [0.15, 0.2) is 17.6 Å². The highest BCUT2D eigenvalue weighted by Gasteiger charge is 2.48. The van der Waals surface area contributed by atoms with Crippen LogP contribution in [0.2, 0.25) is 0 Å². The monoisotopic (exact) mass is 364 g/mol. The molecule has 0 aliphatic carbocycles. The van der Waals surface area contributed by atoms with Crippen molar-refractivity contribution in [2.24, 2.45) is 10.9 Å². The standard InChI is InChI=1S/C17H28N6O3/c1-5-8-18-15(19-11-13(24)22(3)4)23-9-6-12(7-10-23)17(2)14(25)20-16(26)21-17/h5,12H,1,6-11H2,2-4H3,(H,18,19)(H2,20,21,25,26). The van der Waals surface area contributed by atoms with Crippen molar-refractivity contribution in [1.29, 1.82) is 0 Å². The largest absolute Gasteiger partial charge is 0.353 e. The molecule has 1 unspecified atom stereocenters. The minimum atomic E-state index is -0.865. The average molecular weight is 364 g/mol. The number of carbonyl (C=O) groups excluding carboxylic acids is 3. The summed E-state index contributed by atoms with van der Waals surface area (Å²) in [6.45, 7) is 7.45. The van der Waals surface area contributed by atoms with E-state index in [1.165, 1.54) is 4.90 Å². The van der Waals surface area contributed by atoms with E-state index >= 15 is 0 Å². The third-order valence-electron chi connectivity index (χ3n) is 4.95. The quantitative estimate of drug-likeness (QED) is 0.264. The van der Waals surface area contributed by atoms with Gasteiger partial charge in [-0.25, -0.2) is 9.79 Å². The van der Waals surface area contributed by atoms with E-state index < -0.39 is 11.6 Å². The highest BCUT2D eigenvalue weighted by molar-refractivity contribution is 6.07. The highest BCUT2D eigenvalue weighted by Crippen LogP contribution is 2.30. The lowest BCUT2D eigenvalue weighted by molar-refractivity contribution is -0.127. The van der Waals surface area contributed by atoms with Gasteiger partial charge >= 0.3 is 6.03 Å². The van der Waals surface area contributed by atoms with Crippen molar-refractivity contribution in [2.75, 3.05) is 40.3 Å². The molecular formula is C17H28N6O3. The first kappa shape index (κ1) is 19.7. The van der Waals surface area contributed by atoms with Gasteiger partial charge < -0.3 is 20.4 Å². The number of rotatable bonds is 5. The lowest BCUT2D eigenvalue weighted by Gasteiger charge is -2.39. The fourth-order valence-electron chi connectivity index (χ4n) is 3.23. The SMILES string of the molecule is C=CCNC(=NCC(=O)N(C)C)N1CCC(C2(C)NC(=O)NC2=O)CC1. The number of hydrogen-bond donors (Lipinski definition) is 3. The number of piperidine rings is 1. The summed E-state index contributed by atoms with van der Waals surface area (Å²) in [6.07, 6.45) is 3.21. The second kappa shape index (κ2) is 8.20. The van der Waals surface area contributed by atoms with E-state index in [1.807, 2.05) is 0 Å². The normalized spacial score (nSPS) is 24.1. The highest BCUT2D eigenvalue weighted by atomic mass is 16.2. The number of likely N-dealkylation sites (tertiary alicyclic amines) is 1. The van der Waals surface area contributed by atoms with Crippen molar-refractivity contribution in [3.05, 3.63) is 12.7 Å². The van der Waals surface area contributed by atoms with E-state index in [2.05, 4.69) is 32.4 Å². The fraction of sp³-hybridized carbons (Fsp3) is 0.647. The molecule has 0 spiro atoms. The van der Waals surface area contributed by atoms with Gasteiger partial charge in [0.15, 0.2) is 5.96 Å². The summed E-state index contributed by atoms with van der Waals surface area (Å²) in [4.78, 5) is 43.4. The molecular weight excluding hydrogens is 336 g/mol. The van der Waals surface area contributed by atoms with E-state index in [9.17, 15) is 14.4 Å². The molecule has 144 valence electrons. The molecule has 0 radical (unpaired) electrons. The Kier molecular flexibility index (Phi) is 6.23. The lowest BCUT2D eigenvalue weighted by Crippen LogP contribution is -2.55. The van der Waals surface area contributed by atoms with E-state index in [4.69, 9.17) is 0 Å². The van der Waals surface area contributed by atoms with Gasteiger partial charge in [-0.2, -0.15) is 0 Å². The number of likely N-dealkylation sites (N-methyl/N-ethyl adjacent to an activating group) is 1. The molecule has 2 fully saturated rings. The number of nitrogens with zero attached hydrogens (tertiary/aromatic N) is 3. The summed E-state index contributed by atoms with van der Waals surface area (Å²) in [5.74, 6) is 0.365. The first-order valence-corrected chi connectivity index (χ1v) is 8.76. The Balaban J connectivity index is 2.01. The molecule has 0 aromatic heterocycles. The Morgan fingerprint density at radius 3 is 2.58 bits per heavy atom. The predicted molar refractivity (Wildman–Crippen MR) is 98.6 cm³/mol. The summed E-state index contributed by atoms with van der Waals surface area (Å²) in [7, 11) is 3.39. The van der Waals surface area contributed by atoms with Crippen LogP contribution in [0.1, 0.15) is 19.8 Å². The number of hydrogen-bond acceptors (Lipinski definition) is 4. The van der Waals surface area contributed by atoms with Crippen LogP contribution in [-0.2, 0) is 9.59 Å². The Morgan fingerprint density at radius 1 is 1.42 bits per heavy atom. The zero-order valence-corrected chi connectivity index (χ0v) is 15.7. The van der Waals surface area contributed by atoms with Gasteiger partial charge in [-0.1, -0.05) is 6.08 Å². The van der Waals surface area contributed by atoms with Crippen LogP contribution in [0.25, 0.3) is 0 Å². The van der Waals surface area contributed by atoms with Crippen molar-refractivity contribution in [3.63, 3.8) is 0 Å². The van der Waals surface area contributed by atoms with Crippen molar-refractivity contribution >= 4 is 23.8 Å². The molecule has 2 rings (SSSR count). The molecule has 26 heavy (non-hydrogen) atoms.